The number of nitrogens with zero attached hydrogens (tertiary/aromatic N) is 2. The predicted molar refractivity (Wildman–Crippen MR) is 101 cm³/mol. The van der Waals surface area contributed by atoms with Crippen LogP contribution in [0.2, 0.25) is 0 Å². The van der Waals surface area contributed by atoms with Gasteiger partial charge in [-0.3, -0.25) is 10.1 Å². The van der Waals surface area contributed by atoms with Crippen molar-refractivity contribution in [2.75, 3.05) is 0 Å². The first-order chi connectivity index (χ1) is 12.7. The molecule has 5 nitrogen and oxygen atoms in total. The normalized spacial score (nSPS) is 14.2. The molecule has 5 heteroatoms. The molecule has 1 atom stereocenters. The lowest BCUT2D eigenvalue weighted by Gasteiger charge is -2.15. The minimum absolute atomic E-state index is 0.379. The van der Waals surface area contributed by atoms with Crippen molar-refractivity contribution in [3.8, 4) is 5.69 Å². The van der Waals surface area contributed by atoms with Crippen LogP contribution in [-0.4, -0.2) is 15.7 Å². The number of primary amides is 1. The van der Waals surface area contributed by atoms with Crippen LogP contribution in [-0.2, 0) is 24.2 Å². The Bertz CT molecular complexity index is 903. The largest absolute Gasteiger partial charge is 0.368 e. The van der Waals surface area contributed by atoms with Crippen molar-refractivity contribution in [2.45, 2.75) is 31.8 Å². The monoisotopic (exact) mass is 346 g/mol. The second-order valence-corrected chi connectivity index (χ2v) is 6.60. The zero-order valence-corrected chi connectivity index (χ0v) is 14.6. The van der Waals surface area contributed by atoms with Crippen LogP contribution in [0.3, 0.4) is 0 Å². The van der Waals surface area contributed by atoms with E-state index in [0.717, 1.165) is 36.2 Å². The summed E-state index contributed by atoms with van der Waals surface area (Å²) in [6, 6.07) is 19.2. The number of carbonyl (C=O) groups is 1. The molecule has 132 valence electrons. The Morgan fingerprint density at radius 1 is 1.08 bits per heavy atom. The summed E-state index contributed by atoms with van der Waals surface area (Å²) >= 11 is 0. The van der Waals surface area contributed by atoms with Crippen LogP contribution in [0.4, 0.5) is 0 Å². The maximum Gasteiger partial charge on any atom is 0.239 e. The van der Waals surface area contributed by atoms with Crippen LogP contribution >= 0.6 is 0 Å². The summed E-state index contributed by atoms with van der Waals surface area (Å²) in [6.45, 7) is 0.519. The number of para-hydroxylation sites is 1. The lowest BCUT2D eigenvalue weighted by atomic mass is 10.1. The molecule has 1 aliphatic rings. The van der Waals surface area contributed by atoms with E-state index in [1.807, 2.05) is 53.2 Å². The summed E-state index contributed by atoms with van der Waals surface area (Å²) in [6.07, 6.45) is 3.21. The van der Waals surface area contributed by atoms with Crippen LogP contribution in [0.15, 0.2) is 60.7 Å². The van der Waals surface area contributed by atoms with Gasteiger partial charge in [-0.15, -0.1) is 0 Å². The number of nitrogens with one attached hydrogen (secondary N) is 1. The maximum absolute atomic E-state index is 11.9. The van der Waals surface area contributed by atoms with E-state index in [9.17, 15) is 4.79 Å². The number of hydrogen-bond acceptors (Lipinski definition) is 3. The van der Waals surface area contributed by atoms with E-state index in [-0.39, 0.29) is 5.91 Å². The van der Waals surface area contributed by atoms with E-state index in [0.29, 0.717) is 6.54 Å². The third kappa shape index (κ3) is 3.13. The van der Waals surface area contributed by atoms with E-state index in [1.165, 1.54) is 11.3 Å². The molecular weight excluding hydrogens is 324 g/mol. The van der Waals surface area contributed by atoms with Gasteiger partial charge in [-0.2, -0.15) is 5.10 Å². The number of aromatic nitrogens is 2. The fraction of sp³-hybridized carbons (Fsp3) is 0.238. The Kier molecular flexibility index (Phi) is 4.54. The SMILES string of the molecule is NC(=O)[C@H](NCc1nn(-c2ccccc2)c2c1CCC2)c1ccccc1. The summed E-state index contributed by atoms with van der Waals surface area (Å²) in [5.74, 6) is -0.379. The molecule has 3 N–H and O–H groups in total. The van der Waals surface area contributed by atoms with Gasteiger partial charge >= 0.3 is 0 Å². The highest BCUT2D eigenvalue weighted by Gasteiger charge is 2.24. The molecule has 1 aromatic heterocycles. The molecule has 0 aliphatic heterocycles. The van der Waals surface area contributed by atoms with Gasteiger partial charge in [0.2, 0.25) is 5.91 Å². The van der Waals surface area contributed by atoms with Crippen molar-refractivity contribution >= 4 is 5.91 Å². The quantitative estimate of drug-likeness (QED) is 0.721. The molecule has 0 spiro atoms. The summed E-state index contributed by atoms with van der Waals surface area (Å²) < 4.78 is 2.04. The lowest BCUT2D eigenvalue weighted by Crippen LogP contribution is -2.33. The highest BCUT2D eigenvalue weighted by molar-refractivity contribution is 5.81. The Morgan fingerprint density at radius 2 is 1.77 bits per heavy atom. The number of benzene rings is 2. The average molecular weight is 346 g/mol. The smallest absolute Gasteiger partial charge is 0.239 e. The van der Waals surface area contributed by atoms with Gasteiger partial charge in [0.05, 0.1) is 11.4 Å². The molecular formula is C21H22N4O. The lowest BCUT2D eigenvalue weighted by molar-refractivity contribution is -0.120. The minimum atomic E-state index is -0.518. The maximum atomic E-state index is 11.9. The molecule has 0 saturated carbocycles. The summed E-state index contributed by atoms with van der Waals surface area (Å²) in [5.41, 5.74) is 11.2. The molecule has 0 saturated heterocycles. The number of nitrogens with two attached hydrogens (primary N) is 1. The Morgan fingerprint density at radius 3 is 2.46 bits per heavy atom. The van der Waals surface area contributed by atoms with Gasteiger partial charge in [-0.25, -0.2) is 4.68 Å². The Hall–Kier alpha value is -2.92. The van der Waals surface area contributed by atoms with E-state index >= 15 is 0 Å². The molecule has 4 rings (SSSR count). The van der Waals surface area contributed by atoms with Crippen molar-refractivity contribution in [3.63, 3.8) is 0 Å². The molecule has 1 aliphatic carbocycles. The van der Waals surface area contributed by atoms with Crippen LogP contribution in [0.1, 0.15) is 35.0 Å². The van der Waals surface area contributed by atoms with Gasteiger partial charge in [-0.1, -0.05) is 48.5 Å². The van der Waals surface area contributed by atoms with Crippen LogP contribution < -0.4 is 11.1 Å². The standard InChI is InChI=1S/C21H22N4O/c22-21(26)20(15-8-3-1-4-9-15)23-14-18-17-12-7-13-19(17)25(24-18)16-10-5-2-6-11-16/h1-6,8-11,20,23H,7,12-14H2,(H2,22,26)/t20-/m1/s1. The van der Waals surface area contributed by atoms with Crippen LogP contribution in [0.25, 0.3) is 5.69 Å². The molecule has 0 bridgehead atoms. The van der Waals surface area contributed by atoms with Crippen LogP contribution in [0.5, 0.6) is 0 Å². The molecule has 1 amide bonds. The summed E-state index contributed by atoms with van der Waals surface area (Å²) in [4.78, 5) is 11.9. The number of hydrogen-bond donors (Lipinski definition) is 2. The summed E-state index contributed by atoms with van der Waals surface area (Å²) in [5, 5.41) is 8.12. The van der Waals surface area contributed by atoms with E-state index in [2.05, 4.69) is 17.4 Å². The fourth-order valence-electron chi connectivity index (χ4n) is 3.67. The fourth-order valence-corrected chi connectivity index (χ4v) is 3.67. The van der Waals surface area contributed by atoms with Gasteiger partial charge in [0.15, 0.2) is 0 Å². The zero-order chi connectivity index (χ0) is 17.9. The zero-order valence-electron chi connectivity index (χ0n) is 14.6. The first kappa shape index (κ1) is 16.5. The first-order valence-corrected chi connectivity index (χ1v) is 8.97. The number of carbonyl (C=O) groups excluding carboxylic acids is 1. The summed E-state index contributed by atoms with van der Waals surface area (Å²) in [7, 11) is 0. The van der Waals surface area contributed by atoms with Gasteiger partial charge in [0.25, 0.3) is 0 Å². The molecule has 1 heterocycles. The third-order valence-electron chi connectivity index (χ3n) is 4.91. The van der Waals surface area contributed by atoms with Crippen molar-refractivity contribution in [2.24, 2.45) is 5.73 Å². The highest BCUT2D eigenvalue weighted by atomic mass is 16.1. The average Bonchev–Trinajstić information content (AvgIpc) is 3.27. The van der Waals surface area contributed by atoms with E-state index in [1.54, 1.807) is 0 Å². The third-order valence-corrected chi connectivity index (χ3v) is 4.91. The predicted octanol–water partition coefficient (Wildman–Crippen LogP) is 2.68. The van der Waals surface area contributed by atoms with Crippen LogP contribution in [0, 0.1) is 0 Å². The molecule has 3 aromatic rings. The van der Waals surface area contributed by atoms with Crippen molar-refractivity contribution in [1.82, 2.24) is 15.1 Å². The van der Waals surface area contributed by atoms with Gasteiger partial charge in [0.1, 0.15) is 6.04 Å². The van der Waals surface area contributed by atoms with Gasteiger partial charge in [-0.05, 0) is 42.5 Å². The van der Waals surface area contributed by atoms with Gasteiger partial charge < -0.3 is 5.73 Å². The molecule has 2 aromatic carbocycles. The molecule has 0 unspecified atom stereocenters. The molecule has 26 heavy (non-hydrogen) atoms. The second kappa shape index (κ2) is 7.14. The molecule has 0 radical (unpaired) electrons. The Labute approximate surface area is 152 Å². The van der Waals surface area contributed by atoms with E-state index in [4.69, 9.17) is 10.8 Å². The van der Waals surface area contributed by atoms with Crippen molar-refractivity contribution in [3.05, 3.63) is 83.2 Å². The topological polar surface area (TPSA) is 72.9 Å². The Balaban J connectivity index is 1.60. The second-order valence-electron chi connectivity index (χ2n) is 6.60. The molecule has 0 fully saturated rings. The highest BCUT2D eigenvalue weighted by Crippen LogP contribution is 2.28. The van der Waals surface area contributed by atoms with Crippen molar-refractivity contribution < 1.29 is 4.79 Å². The number of rotatable bonds is 6. The first-order valence-electron chi connectivity index (χ1n) is 8.97. The van der Waals surface area contributed by atoms with Crippen molar-refractivity contribution in [1.29, 1.82) is 0 Å². The minimum Gasteiger partial charge on any atom is -0.368 e. The number of amides is 1. The van der Waals surface area contributed by atoms with E-state index < -0.39 is 6.04 Å². The number of fused-ring (bicyclic) bond motifs is 1. The van der Waals surface area contributed by atoms with Gasteiger partial charge in [0, 0.05) is 12.2 Å².